The molecule has 0 aromatic heterocycles. The van der Waals surface area contributed by atoms with Gasteiger partial charge in [-0.1, -0.05) is 18.2 Å². The van der Waals surface area contributed by atoms with Gasteiger partial charge in [0.2, 0.25) is 0 Å². The van der Waals surface area contributed by atoms with Crippen LogP contribution in [0.25, 0.3) is 0 Å². The number of fused-ring (bicyclic) bond motifs is 1. The zero-order chi connectivity index (χ0) is 8.39. The van der Waals surface area contributed by atoms with Gasteiger partial charge in [-0.25, -0.2) is 5.48 Å². The lowest BCUT2D eigenvalue weighted by Crippen LogP contribution is -2.08. The Kier molecular flexibility index (Phi) is 1.98. The molecule has 1 aromatic rings. The minimum atomic E-state index is 0.510. The van der Waals surface area contributed by atoms with E-state index in [1.54, 1.807) is 0 Å². The van der Waals surface area contributed by atoms with Gasteiger partial charge in [0.1, 0.15) is 0 Å². The highest BCUT2D eigenvalue weighted by atomic mass is 16.5. The van der Waals surface area contributed by atoms with Crippen LogP contribution in [0, 0.1) is 0 Å². The van der Waals surface area contributed by atoms with Gasteiger partial charge in [0, 0.05) is 18.8 Å². The lowest BCUT2D eigenvalue weighted by atomic mass is 10.1. The van der Waals surface area contributed by atoms with Gasteiger partial charge >= 0.3 is 0 Å². The summed E-state index contributed by atoms with van der Waals surface area (Å²) in [7, 11) is 0. The third kappa shape index (κ3) is 1.17. The largest absolute Gasteiger partial charge is 0.384 e. The zero-order valence-electron chi connectivity index (χ0n) is 6.80. The molecular weight excluding hydrogens is 152 g/mol. The molecule has 3 heteroatoms. The Morgan fingerprint density at radius 3 is 3.25 bits per heavy atom. The van der Waals surface area contributed by atoms with E-state index in [0.717, 1.165) is 18.5 Å². The summed E-state index contributed by atoms with van der Waals surface area (Å²) in [4.78, 5) is 0. The van der Waals surface area contributed by atoms with Crippen LogP contribution >= 0.6 is 0 Å². The third-order valence-corrected chi connectivity index (χ3v) is 2.20. The SMILES string of the molecule is ONCc1cccc2c1NCC2. The van der Waals surface area contributed by atoms with Gasteiger partial charge in [0.15, 0.2) is 0 Å². The summed E-state index contributed by atoms with van der Waals surface area (Å²) in [6, 6.07) is 6.16. The van der Waals surface area contributed by atoms with Crippen molar-refractivity contribution >= 4 is 5.69 Å². The van der Waals surface area contributed by atoms with Crippen LogP contribution in [0.15, 0.2) is 18.2 Å². The molecule has 0 radical (unpaired) electrons. The Balaban J connectivity index is 2.36. The maximum Gasteiger partial charge on any atom is 0.0478 e. The fourth-order valence-electron chi connectivity index (χ4n) is 1.64. The Bertz CT molecular complexity index is 286. The predicted octanol–water partition coefficient (Wildman–Crippen LogP) is 1.13. The smallest absolute Gasteiger partial charge is 0.0478 e. The second kappa shape index (κ2) is 3.13. The normalized spacial score (nSPS) is 14.1. The van der Waals surface area contributed by atoms with E-state index in [2.05, 4.69) is 16.9 Å². The van der Waals surface area contributed by atoms with Crippen molar-refractivity contribution in [2.75, 3.05) is 11.9 Å². The van der Waals surface area contributed by atoms with Crippen molar-refractivity contribution < 1.29 is 5.21 Å². The second-order valence-electron chi connectivity index (χ2n) is 2.96. The van der Waals surface area contributed by atoms with Crippen LogP contribution in [-0.2, 0) is 13.0 Å². The highest BCUT2D eigenvalue weighted by molar-refractivity contribution is 5.60. The molecule has 0 amide bonds. The maximum atomic E-state index is 8.57. The summed E-state index contributed by atoms with van der Waals surface area (Å²) in [6.07, 6.45) is 1.09. The molecule has 0 spiro atoms. The fourth-order valence-corrected chi connectivity index (χ4v) is 1.64. The number of para-hydroxylation sites is 1. The minimum absolute atomic E-state index is 0.510. The number of nitrogens with one attached hydrogen (secondary N) is 2. The molecule has 0 fully saturated rings. The lowest BCUT2D eigenvalue weighted by molar-refractivity contribution is 0.161. The quantitative estimate of drug-likeness (QED) is 0.574. The standard InChI is InChI=1S/C9H12N2O/c12-11-6-8-3-1-2-7-4-5-10-9(7)8/h1-3,10-12H,4-6H2. The Labute approximate surface area is 71.4 Å². The van der Waals surface area contributed by atoms with Crippen LogP contribution < -0.4 is 10.8 Å². The van der Waals surface area contributed by atoms with Crippen molar-refractivity contribution in [1.29, 1.82) is 0 Å². The molecule has 3 nitrogen and oxygen atoms in total. The average Bonchev–Trinajstić information content (AvgIpc) is 2.53. The first-order valence-electron chi connectivity index (χ1n) is 4.13. The van der Waals surface area contributed by atoms with E-state index < -0.39 is 0 Å². The fraction of sp³-hybridized carbons (Fsp3) is 0.333. The molecule has 1 aliphatic heterocycles. The van der Waals surface area contributed by atoms with E-state index in [1.165, 1.54) is 11.3 Å². The first-order valence-corrected chi connectivity index (χ1v) is 4.13. The van der Waals surface area contributed by atoms with E-state index in [9.17, 15) is 0 Å². The van der Waals surface area contributed by atoms with Gasteiger partial charge in [-0.2, -0.15) is 0 Å². The molecule has 1 aliphatic rings. The summed E-state index contributed by atoms with van der Waals surface area (Å²) < 4.78 is 0. The molecule has 64 valence electrons. The van der Waals surface area contributed by atoms with E-state index in [1.807, 2.05) is 12.1 Å². The van der Waals surface area contributed by atoms with Crippen molar-refractivity contribution in [3.8, 4) is 0 Å². The third-order valence-electron chi connectivity index (χ3n) is 2.20. The monoisotopic (exact) mass is 164 g/mol. The van der Waals surface area contributed by atoms with Crippen molar-refractivity contribution in [2.24, 2.45) is 0 Å². The van der Waals surface area contributed by atoms with Crippen LogP contribution in [0.1, 0.15) is 11.1 Å². The molecule has 0 saturated carbocycles. The van der Waals surface area contributed by atoms with Crippen LogP contribution in [-0.4, -0.2) is 11.8 Å². The zero-order valence-corrected chi connectivity index (χ0v) is 6.80. The molecule has 0 saturated heterocycles. The van der Waals surface area contributed by atoms with Crippen molar-refractivity contribution in [3.05, 3.63) is 29.3 Å². The predicted molar refractivity (Wildman–Crippen MR) is 47.3 cm³/mol. The summed E-state index contributed by atoms with van der Waals surface area (Å²) in [5.74, 6) is 0. The summed E-state index contributed by atoms with van der Waals surface area (Å²) in [6.45, 7) is 1.52. The Morgan fingerprint density at radius 1 is 1.50 bits per heavy atom. The van der Waals surface area contributed by atoms with Gasteiger partial charge in [-0.05, 0) is 17.5 Å². The molecule has 3 N–H and O–H groups in total. The lowest BCUT2D eigenvalue weighted by Gasteiger charge is -2.06. The van der Waals surface area contributed by atoms with E-state index in [0.29, 0.717) is 6.54 Å². The molecule has 2 rings (SSSR count). The molecule has 12 heavy (non-hydrogen) atoms. The highest BCUT2D eigenvalue weighted by Crippen LogP contribution is 2.25. The van der Waals surface area contributed by atoms with E-state index >= 15 is 0 Å². The van der Waals surface area contributed by atoms with Crippen LogP contribution in [0.3, 0.4) is 0 Å². The van der Waals surface area contributed by atoms with Gasteiger partial charge in [-0.15, -0.1) is 0 Å². The molecule has 1 aromatic carbocycles. The maximum absolute atomic E-state index is 8.57. The second-order valence-corrected chi connectivity index (χ2v) is 2.96. The van der Waals surface area contributed by atoms with Crippen LogP contribution in [0.4, 0.5) is 5.69 Å². The summed E-state index contributed by atoms with van der Waals surface area (Å²) in [5.41, 5.74) is 5.85. The molecule has 1 heterocycles. The molecular formula is C9H12N2O. The minimum Gasteiger partial charge on any atom is -0.384 e. The average molecular weight is 164 g/mol. The Morgan fingerprint density at radius 2 is 2.42 bits per heavy atom. The van der Waals surface area contributed by atoms with Crippen LogP contribution in [0.2, 0.25) is 0 Å². The van der Waals surface area contributed by atoms with Crippen molar-refractivity contribution in [2.45, 2.75) is 13.0 Å². The van der Waals surface area contributed by atoms with E-state index in [-0.39, 0.29) is 0 Å². The highest BCUT2D eigenvalue weighted by Gasteiger charge is 2.12. The van der Waals surface area contributed by atoms with Gasteiger partial charge in [0.05, 0.1) is 0 Å². The van der Waals surface area contributed by atoms with E-state index in [4.69, 9.17) is 5.21 Å². The number of hydrogen-bond acceptors (Lipinski definition) is 3. The number of hydrogen-bond donors (Lipinski definition) is 3. The molecule has 0 aliphatic carbocycles. The topological polar surface area (TPSA) is 44.3 Å². The molecule has 0 unspecified atom stereocenters. The summed E-state index contributed by atoms with van der Waals surface area (Å²) >= 11 is 0. The van der Waals surface area contributed by atoms with Gasteiger partial charge in [0.25, 0.3) is 0 Å². The molecule has 0 bridgehead atoms. The van der Waals surface area contributed by atoms with Crippen molar-refractivity contribution in [3.63, 3.8) is 0 Å². The molecule has 0 atom stereocenters. The number of benzene rings is 1. The number of hydroxylamine groups is 1. The van der Waals surface area contributed by atoms with Crippen LogP contribution in [0.5, 0.6) is 0 Å². The first kappa shape index (κ1) is 7.58. The number of rotatable bonds is 2. The first-order chi connectivity index (χ1) is 5.92. The van der Waals surface area contributed by atoms with Gasteiger partial charge < -0.3 is 10.5 Å². The van der Waals surface area contributed by atoms with Crippen molar-refractivity contribution in [1.82, 2.24) is 5.48 Å². The summed E-state index contributed by atoms with van der Waals surface area (Å²) in [5, 5.41) is 11.9. The number of anilines is 1. The van der Waals surface area contributed by atoms with Gasteiger partial charge in [-0.3, -0.25) is 0 Å². The Hall–Kier alpha value is -1.06.